The van der Waals surface area contributed by atoms with Crippen molar-refractivity contribution in [3.8, 4) is 0 Å². The zero-order valence-corrected chi connectivity index (χ0v) is 6.83. The van der Waals surface area contributed by atoms with Gasteiger partial charge < -0.3 is 5.11 Å². The van der Waals surface area contributed by atoms with Crippen molar-refractivity contribution in [2.24, 2.45) is 5.92 Å². The summed E-state index contributed by atoms with van der Waals surface area (Å²) in [6.45, 7) is 1.67. The molecule has 0 fully saturated rings. The summed E-state index contributed by atoms with van der Waals surface area (Å²) in [4.78, 5) is 10.3. The van der Waals surface area contributed by atoms with Crippen LogP contribution in [0.25, 0.3) is 0 Å². The maximum Gasteiger partial charge on any atom is 0.306 e. The third kappa shape index (κ3) is 1.72. The van der Waals surface area contributed by atoms with Gasteiger partial charge in [-0.3, -0.25) is 4.79 Å². The van der Waals surface area contributed by atoms with Gasteiger partial charge in [0.15, 0.2) is 0 Å². The van der Waals surface area contributed by atoms with E-state index in [1.54, 1.807) is 25.2 Å². The van der Waals surface area contributed by atoms with Crippen molar-refractivity contribution in [1.82, 2.24) is 0 Å². The van der Waals surface area contributed by atoms with Crippen LogP contribution in [0.5, 0.6) is 0 Å². The molecule has 0 saturated heterocycles. The number of alkyl halides is 1. The molecular weight excluding hydrogens is 159 g/mol. The van der Waals surface area contributed by atoms with Crippen LogP contribution in [-0.4, -0.2) is 16.7 Å². The summed E-state index contributed by atoms with van der Waals surface area (Å²) >= 11 is 0. The van der Waals surface area contributed by atoms with Gasteiger partial charge in [0.25, 0.3) is 0 Å². The smallest absolute Gasteiger partial charge is 0.306 e. The highest BCUT2D eigenvalue weighted by Gasteiger charge is 2.35. The second-order valence-corrected chi connectivity index (χ2v) is 3.03. The van der Waals surface area contributed by atoms with Crippen LogP contribution < -0.4 is 0 Å². The van der Waals surface area contributed by atoms with Crippen LogP contribution in [0.1, 0.15) is 13.3 Å². The van der Waals surface area contributed by atoms with E-state index in [-0.39, 0.29) is 5.92 Å². The number of carboxylic acid groups (broad SMARTS) is 1. The predicted octanol–water partition coefficient (Wildman–Crippen LogP) is 1.93. The van der Waals surface area contributed by atoms with Crippen LogP contribution in [0.2, 0.25) is 0 Å². The summed E-state index contributed by atoms with van der Waals surface area (Å²) in [7, 11) is 0. The van der Waals surface area contributed by atoms with Crippen LogP contribution in [0.15, 0.2) is 24.3 Å². The normalized spacial score (nSPS) is 33.7. The van der Waals surface area contributed by atoms with Crippen molar-refractivity contribution in [2.45, 2.75) is 19.0 Å². The van der Waals surface area contributed by atoms with Crippen LogP contribution in [-0.2, 0) is 4.79 Å². The molecule has 12 heavy (non-hydrogen) atoms. The molecule has 0 saturated carbocycles. The number of hydrogen-bond donors (Lipinski definition) is 1. The van der Waals surface area contributed by atoms with Crippen molar-refractivity contribution in [3.63, 3.8) is 0 Å². The largest absolute Gasteiger partial charge is 0.481 e. The van der Waals surface area contributed by atoms with E-state index >= 15 is 0 Å². The monoisotopic (exact) mass is 170 g/mol. The summed E-state index contributed by atoms with van der Waals surface area (Å²) in [6.07, 6.45) is 5.79. The molecule has 0 spiro atoms. The minimum atomic E-state index is -1.71. The van der Waals surface area contributed by atoms with Gasteiger partial charge in [-0.2, -0.15) is 0 Å². The summed E-state index contributed by atoms with van der Waals surface area (Å²) in [5.41, 5.74) is -1.71. The average Bonchev–Trinajstić information content (AvgIpc) is 1.94. The number of carboxylic acids is 1. The zero-order chi connectivity index (χ0) is 9.19. The molecule has 1 aliphatic rings. The van der Waals surface area contributed by atoms with Crippen LogP contribution in [0, 0.1) is 5.92 Å². The third-order valence-corrected chi connectivity index (χ3v) is 2.06. The first-order valence-electron chi connectivity index (χ1n) is 3.81. The molecular formula is C9H11FO2. The molecule has 0 aromatic carbocycles. The molecule has 1 rings (SSSR count). The van der Waals surface area contributed by atoms with Gasteiger partial charge in [0, 0.05) is 5.92 Å². The molecule has 0 aromatic heterocycles. The summed E-state index contributed by atoms with van der Waals surface area (Å²) in [5, 5.41) is 8.45. The number of halogens is 1. The summed E-state index contributed by atoms with van der Waals surface area (Å²) < 4.78 is 13.7. The van der Waals surface area contributed by atoms with Gasteiger partial charge in [-0.05, 0) is 6.08 Å². The minimum Gasteiger partial charge on any atom is -0.481 e. The Morgan fingerprint density at radius 3 is 2.83 bits per heavy atom. The topological polar surface area (TPSA) is 37.3 Å². The van der Waals surface area contributed by atoms with Crippen molar-refractivity contribution >= 4 is 5.97 Å². The first-order chi connectivity index (χ1) is 5.54. The van der Waals surface area contributed by atoms with E-state index in [9.17, 15) is 9.18 Å². The first kappa shape index (κ1) is 8.97. The lowest BCUT2D eigenvalue weighted by atomic mass is 9.84. The van der Waals surface area contributed by atoms with Crippen molar-refractivity contribution in [1.29, 1.82) is 0 Å². The molecule has 0 amide bonds. The molecule has 0 heterocycles. The standard InChI is InChI=1S/C9H11FO2/c1-7-4-2-3-5-9(7,10)6-8(11)12/h2-5,7H,6H2,1H3,(H,11,12). The van der Waals surface area contributed by atoms with Gasteiger partial charge in [0.1, 0.15) is 5.67 Å². The highest BCUT2D eigenvalue weighted by atomic mass is 19.1. The van der Waals surface area contributed by atoms with Crippen LogP contribution in [0.4, 0.5) is 4.39 Å². The van der Waals surface area contributed by atoms with Gasteiger partial charge in [-0.15, -0.1) is 0 Å². The molecule has 0 radical (unpaired) electrons. The quantitative estimate of drug-likeness (QED) is 0.687. The summed E-state index contributed by atoms with van der Waals surface area (Å²) in [5.74, 6) is -1.47. The second kappa shape index (κ2) is 3.09. The lowest BCUT2D eigenvalue weighted by molar-refractivity contribution is -0.139. The van der Waals surface area contributed by atoms with Crippen molar-refractivity contribution in [2.75, 3.05) is 0 Å². The fraction of sp³-hybridized carbons (Fsp3) is 0.444. The highest BCUT2D eigenvalue weighted by molar-refractivity contribution is 5.69. The SMILES string of the molecule is CC1C=CC=CC1(F)CC(=O)O. The number of aliphatic carboxylic acids is 1. The first-order valence-corrected chi connectivity index (χ1v) is 3.81. The fourth-order valence-electron chi connectivity index (χ4n) is 1.21. The van der Waals surface area contributed by atoms with Gasteiger partial charge in [0.2, 0.25) is 0 Å². The Bertz CT molecular complexity index is 245. The number of carbonyl (C=O) groups is 1. The predicted molar refractivity (Wildman–Crippen MR) is 43.5 cm³/mol. The Hall–Kier alpha value is -1.12. The molecule has 2 nitrogen and oxygen atoms in total. The van der Waals surface area contributed by atoms with E-state index in [0.717, 1.165) is 0 Å². The van der Waals surface area contributed by atoms with Crippen LogP contribution in [0.3, 0.4) is 0 Å². The summed E-state index contributed by atoms with van der Waals surface area (Å²) in [6, 6.07) is 0. The maximum atomic E-state index is 13.7. The molecule has 2 unspecified atom stereocenters. The van der Waals surface area contributed by atoms with E-state index < -0.39 is 18.1 Å². The van der Waals surface area contributed by atoms with Crippen LogP contribution >= 0.6 is 0 Å². The Kier molecular flexibility index (Phi) is 2.31. The molecule has 1 N–H and O–H groups in total. The van der Waals surface area contributed by atoms with E-state index in [0.29, 0.717) is 0 Å². The fourth-order valence-corrected chi connectivity index (χ4v) is 1.21. The van der Waals surface area contributed by atoms with Gasteiger partial charge in [-0.1, -0.05) is 25.2 Å². The van der Waals surface area contributed by atoms with Crippen molar-refractivity contribution < 1.29 is 14.3 Å². The lowest BCUT2D eigenvalue weighted by Gasteiger charge is -2.26. The van der Waals surface area contributed by atoms with E-state index in [1.807, 2.05) is 0 Å². The molecule has 3 heteroatoms. The average molecular weight is 170 g/mol. The second-order valence-electron chi connectivity index (χ2n) is 3.03. The lowest BCUT2D eigenvalue weighted by Crippen LogP contribution is -2.32. The Morgan fingerprint density at radius 2 is 2.33 bits per heavy atom. The molecule has 0 aromatic rings. The van der Waals surface area contributed by atoms with Gasteiger partial charge in [-0.25, -0.2) is 4.39 Å². The minimum absolute atomic E-state index is 0.362. The van der Waals surface area contributed by atoms with E-state index in [1.165, 1.54) is 6.08 Å². The van der Waals surface area contributed by atoms with Crippen molar-refractivity contribution in [3.05, 3.63) is 24.3 Å². The third-order valence-electron chi connectivity index (χ3n) is 2.06. The number of allylic oxidation sites excluding steroid dienone is 4. The van der Waals surface area contributed by atoms with E-state index in [4.69, 9.17) is 5.11 Å². The number of hydrogen-bond acceptors (Lipinski definition) is 1. The maximum absolute atomic E-state index is 13.7. The van der Waals surface area contributed by atoms with Gasteiger partial charge >= 0.3 is 5.97 Å². The zero-order valence-electron chi connectivity index (χ0n) is 6.83. The molecule has 0 bridgehead atoms. The van der Waals surface area contributed by atoms with E-state index in [2.05, 4.69) is 0 Å². The molecule has 0 aliphatic heterocycles. The Morgan fingerprint density at radius 1 is 1.67 bits per heavy atom. The van der Waals surface area contributed by atoms with Gasteiger partial charge in [0.05, 0.1) is 6.42 Å². The molecule has 1 aliphatic carbocycles. The Balaban J connectivity index is 2.76. The highest BCUT2D eigenvalue weighted by Crippen LogP contribution is 2.31. The molecule has 2 atom stereocenters. The Labute approximate surface area is 70.4 Å². The number of rotatable bonds is 2. The molecule has 66 valence electrons.